The average Bonchev–Trinajstić information content (AvgIpc) is 3.31. The number of carbonyl (C=O) groups excluding carboxylic acids is 2. The van der Waals surface area contributed by atoms with Gasteiger partial charge in [0.2, 0.25) is 5.91 Å². The van der Waals surface area contributed by atoms with Crippen LogP contribution in [0.1, 0.15) is 22.2 Å². The lowest BCUT2D eigenvalue weighted by molar-refractivity contribution is -0.111. The summed E-state index contributed by atoms with van der Waals surface area (Å²) in [6.07, 6.45) is 3.12. The minimum atomic E-state index is -0.532. The SMILES string of the molecule is CCOC(=O)c1c(-c2ccc(F)cc2)csc1NC(=O)/C=C/c1cccs1. The topological polar surface area (TPSA) is 55.4 Å². The fraction of sp³-hybridized carbons (Fsp3) is 0.100. The van der Waals surface area contributed by atoms with Gasteiger partial charge in [0.25, 0.3) is 0 Å². The predicted octanol–water partition coefficient (Wildman–Crippen LogP) is 5.44. The Morgan fingerprint density at radius 2 is 1.96 bits per heavy atom. The zero-order chi connectivity index (χ0) is 19.2. The Hall–Kier alpha value is -2.77. The second-order valence-electron chi connectivity index (χ2n) is 5.42. The number of benzene rings is 1. The van der Waals surface area contributed by atoms with Crippen molar-refractivity contribution in [3.05, 3.63) is 69.5 Å². The maximum Gasteiger partial charge on any atom is 0.341 e. The highest BCUT2D eigenvalue weighted by atomic mass is 32.1. The molecular formula is C20H16FNO3S2. The van der Waals surface area contributed by atoms with Crippen LogP contribution in [0.4, 0.5) is 9.39 Å². The minimum Gasteiger partial charge on any atom is -0.462 e. The van der Waals surface area contributed by atoms with E-state index in [1.165, 1.54) is 40.9 Å². The summed E-state index contributed by atoms with van der Waals surface area (Å²) in [5, 5.41) is 6.80. The molecule has 3 rings (SSSR count). The molecule has 0 radical (unpaired) electrons. The largest absolute Gasteiger partial charge is 0.462 e. The lowest BCUT2D eigenvalue weighted by Crippen LogP contribution is -2.12. The van der Waals surface area contributed by atoms with Crippen LogP contribution in [0.15, 0.2) is 53.2 Å². The zero-order valence-electron chi connectivity index (χ0n) is 14.4. The average molecular weight is 401 g/mol. The zero-order valence-corrected chi connectivity index (χ0v) is 16.0. The molecule has 0 bridgehead atoms. The Morgan fingerprint density at radius 1 is 1.19 bits per heavy atom. The fourth-order valence-electron chi connectivity index (χ4n) is 2.40. The molecule has 138 valence electrons. The van der Waals surface area contributed by atoms with Crippen molar-refractivity contribution in [2.75, 3.05) is 11.9 Å². The van der Waals surface area contributed by atoms with Gasteiger partial charge in [-0.15, -0.1) is 22.7 Å². The molecule has 0 saturated carbocycles. The summed E-state index contributed by atoms with van der Waals surface area (Å²) in [6, 6.07) is 9.62. The van der Waals surface area contributed by atoms with Gasteiger partial charge in [-0.3, -0.25) is 4.79 Å². The van der Waals surface area contributed by atoms with Crippen LogP contribution >= 0.6 is 22.7 Å². The molecule has 2 aromatic heterocycles. The summed E-state index contributed by atoms with van der Waals surface area (Å²) < 4.78 is 18.3. The van der Waals surface area contributed by atoms with Gasteiger partial charge in [-0.2, -0.15) is 0 Å². The Labute approximate surface area is 163 Å². The first-order valence-electron chi connectivity index (χ1n) is 8.15. The van der Waals surface area contributed by atoms with Crippen molar-refractivity contribution in [2.24, 2.45) is 0 Å². The summed E-state index contributed by atoms with van der Waals surface area (Å²) >= 11 is 2.74. The number of carbonyl (C=O) groups is 2. The molecular weight excluding hydrogens is 385 g/mol. The van der Waals surface area contributed by atoms with E-state index in [0.717, 1.165) is 4.88 Å². The number of ether oxygens (including phenoxy) is 1. The van der Waals surface area contributed by atoms with E-state index >= 15 is 0 Å². The molecule has 4 nitrogen and oxygen atoms in total. The molecule has 0 fully saturated rings. The van der Waals surface area contributed by atoms with Gasteiger partial charge < -0.3 is 10.1 Å². The molecule has 0 aliphatic carbocycles. The molecule has 2 heterocycles. The van der Waals surface area contributed by atoms with E-state index < -0.39 is 5.97 Å². The second-order valence-corrected chi connectivity index (χ2v) is 7.28. The Balaban J connectivity index is 1.89. The quantitative estimate of drug-likeness (QED) is 0.442. The number of halogens is 1. The fourth-order valence-corrected chi connectivity index (χ4v) is 3.97. The number of hydrogen-bond donors (Lipinski definition) is 1. The summed E-state index contributed by atoms with van der Waals surface area (Å²) in [5.41, 5.74) is 1.53. The minimum absolute atomic E-state index is 0.212. The molecule has 1 aromatic carbocycles. The van der Waals surface area contributed by atoms with E-state index in [4.69, 9.17) is 4.74 Å². The summed E-state index contributed by atoms with van der Waals surface area (Å²) in [7, 11) is 0. The number of amides is 1. The summed E-state index contributed by atoms with van der Waals surface area (Å²) in [4.78, 5) is 25.7. The van der Waals surface area contributed by atoms with Crippen molar-refractivity contribution < 1.29 is 18.7 Å². The third-order valence-electron chi connectivity index (χ3n) is 3.60. The highest BCUT2D eigenvalue weighted by Gasteiger charge is 2.22. The normalized spacial score (nSPS) is 10.9. The van der Waals surface area contributed by atoms with Crippen molar-refractivity contribution in [3.8, 4) is 11.1 Å². The van der Waals surface area contributed by atoms with Crippen molar-refractivity contribution in [1.82, 2.24) is 0 Å². The molecule has 27 heavy (non-hydrogen) atoms. The van der Waals surface area contributed by atoms with Crippen LogP contribution in [0.5, 0.6) is 0 Å². The van der Waals surface area contributed by atoms with Crippen LogP contribution in [0, 0.1) is 5.82 Å². The molecule has 3 aromatic rings. The number of rotatable bonds is 6. The Morgan fingerprint density at radius 3 is 2.63 bits per heavy atom. The van der Waals surface area contributed by atoms with Gasteiger partial charge in [0.05, 0.1) is 6.61 Å². The molecule has 0 atom stereocenters. The molecule has 0 unspecified atom stereocenters. The first kappa shape index (κ1) is 19.0. The van der Waals surface area contributed by atoms with Crippen LogP contribution in [0.3, 0.4) is 0 Å². The van der Waals surface area contributed by atoms with Gasteiger partial charge in [-0.1, -0.05) is 18.2 Å². The highest BCUT2D eigenvalue weighted by molar-refractivity contribution is 7.15. The monoisotopic (exact) mass is 401 g/mol. The molecule has 0 saturated heterocycles. The van der Waals surface area contributed by atoms with Gasteiger partial charge in [-0.05, 0) is 42.1 Å². The van der Waals surface area contributed by atoms with Gasteiger partial charge >= 0.3 is 5.97 Å². The van der Waals surface area contributed by atoms with Crippen molar-refractivity contribution in [1.29, 1.82) is 0 Å². The van der Waals surface area contributed by atoms with Crippen LogP contribution in [-0.2, 0) is 9.53 Å². The van der Waals surface area contributed by atoms with Gasteiger partial charge in [-0.25, -0.2) is 9.18 Å². The Kier molecular flexibility index (Phi) is 6.16. The molecule has 7 heteroatoms. The molecule has 1 amide bonds. The first-order valence-corrected chi connectivity index (χ1v) is 9.91. The predicted molar refractivity (Wildman–Crippen MR) is 108 cm³/mol. The molecule has 0 spiro atoms. The molecule has 1 N–H and O–H groups in total. The van der Waals surface area contributed by atoms with Crippen LogP contribution in [0.25, 0.3) is 17.2 Å². The van der Waals surface area contributed by atoms with Crippen LogP contribution in [-0.4, -0.2) is 18.5 Å². The number of esters is 1. The standard InChI is InChI=1S/C20H16FNO3S2/c1-2-25-20(24)18-16(13-5-7-14(21)8-6-13)12-27-19(18)22-17(23)10-9-15-4-3-11-26-15/h3-12H,2H2,1H3,(H,22,23)/b10-9+. The van der Waals surface area contributed by atoms with Crippen molar-refractivity contribution in [3.63, 3.8) is 0 Å². The second kappa shape index (κ2) is 8.75. The number of thiophene rings is 2. The van der Waals surface area contributed by atoms with E-state index in [0.29, 0.717) is 16.1 Å². The third-order valence-corrected chi connectivity index (χ3v) is 5.34. The maximum absolute atomic E-state index is 13.2. The van der Waals surface area contributed by atoms with E-state index in [-0.39, 0.29) is 23.9 Å². The van der Waals surface area contributed by atoms with Gasteiger partial charge in [0.15, 0.2) is 0 Å². The smallest absolute Gasteiger partial charge is 0.341 e. The summed E-state index contributed by atoms with van der Waals surface area (Å²) in [5.74, 6) is -1.24. The third kappa shape index (κ3) is 4.69. The Bertz CT molecular complexity index is 960. The molecule has 0 aliphatic heterocycles. The van der Waals surface area contributed by atoms with Crippen LogP contribution in [0.2, 0.25) is 0 Å². The highest BCUT2D eigenvalue weighted by Crippen LogP contribution is 2.36. The number of nitrogens with one attached hydrogen (secondary N) is 1. The van der Waals surface area contributed by atoms with E-state index in [2.05, 4.69) is 5.32 Å². The van der Waals surface area contributed by atoms with Crippen molar-refractivity contribution >= 4 is 45.6 Å². The van der Waals surface area contributed by atoms with E-state index in [9.17, 15) is 14.0 Å². The van der Waals surface area contributed by atoms with Crippen molar-refractivity contribution in [2.45, 2.75) is 6.92 Å². The van der Waals surface area contributed by atoms with E-state index in [1.807, 2.05) is 17.5 Å². The lowest BCUT2D eigenvalue weighted by Gasteiger charge is -2.08. The van der Waals surface area contributed by atoms with Gasteiger partial charge in [0.1, 0.15) is 16.4 Å². The number of hydrogen-bond acceptors (Lipinski definition) is 5. The van der Waals surface area contributed by atoms with E-state index in [1.54, 1.807) is 30.5 Å². The van der Waals surface area contributed by atoms with Gasteiger partial charge in [0, 0.05) is 21.9 Å². The van der Waals surface area contributed by atoms with Crippen LogP contribution < -0.4 is 5.32 Å². The number of anilines is 1. The molecule has 0 aliphatic rings. The summed E-state index contributed by atoms with van der Waals surface area (Å²) in [6.45, 7) is 1.92. The first-order chi connectivity index (χ1) is 13.1. The lowest BCUT2D eigenvalue weighted by atomic mass is 10.0. The maximum atomic E-state index is 13.2.